The first kappa shape index (κ1) is 30.9. The number of pyridine rings is 1. The summed E-state index contributed by atoms with van der Waals surface area (Å²) in [6, 6.07) is 14.5. The minimum absolute atomic E-state index is 0.00666. The number of alkyl halides is 2. The van der Waals surface area contributed by atoms with E-state index in [2.05, 4.69) is 15.6 Å². The average Bonchev–Trinajstić information content (AvgIpc) is 3.31. The number of aliphatic hydroxyl groups excluding tert-OH is 1. The van der Waals surface area contributed by atoms with Crippen LogP contribution in [0.15, 0.2) is 73.1 Å². The summed E-state index contributed by atoms with van der Waals surface area (Å²) in [6.07, 6.45) is 0.250. The summed E-state index contributed by atoms with van der Waals surface area (Å²) < 4.78 is 34.6. The number of halogens is 3. The van der Waals surface area contributed by atoms with E-state index in [1.807, 2.05) is 0 Å². The summed E-state index contributed by atoms with van der Waals surface area (Å²) in [6.45, 7) is 0.262. The lowest BCUT2D eigenvalue weighted by molar-refractivity contribution is -0.147. The van der Waals surface area contributed by atoms with Crippen LogP contribution in [0.2, 0.25) is 5.02 Å². The molecule has 1 aliphatic heterocycles. The van der Waals surface area contributed by atoms with Crippen molar-refractivity contribution in [2.24, 2.45) is 0 Å². The summed E-state index contributed by atoms with van der Waals surface area (Å²) in [4.78, 5) is 43.9. The number of nitrogens with zero attached hydrogens (tertiary/aromatic N) is 2. The highest BCUT2D eigenvalue weighted by atomic mass is 35.5. The van der Waals surface area contributed by atoms with Crippen molar-refractivity contribution in [3.63, 3.8) is 0 Å². The Bertz CT molecular complexity index is 1380. The molecule has 4 rings (SSSR count). The molecule has 2 heterocycles. The first-order chi connectivity index (χ1) is 20.0. The van der Waals surface area contributed by atoms with Crippen molar-refractivity contribution >= 4 is 29.3 Å². The molecule has 1 aromatic heterocycles. The molecule has 1 saturated heterocycles. The molecule has 1 fully saturated rings. The third-order valence-corrected chi connectivity index (χ3v) is 7.13. The number of amides is 3. The molecule has 0 aliphatic carbocycles. The van der Waals surface area contributed by atoms with Gasteiger partial charge in [-0.1, -0.05) is 60.1 Å². The normalized spacial score (nSPS) is 17.3. The van der Waals surface area contributed by atoms with Crippen LogP contribution in [0.25, 0.3) is 0 Å². The van der Waals surface area contributed by atoms with Gasteiger partial charge in [0.1, 0.15) is 11.8 Å². The van der Waals surface area contributed by atoms with E-state index >= 15 is 0 Å². The van der Waals surface area contributed by atoms with E-state index < -0.39 is 61.4 Å². The molecule has 42 heavy (non-hydrogen) atoms. The Morgan fingerprint density at radius 2 is 1.86 bits per heavy atom. The van der Waals surface area contributed by atoms with Crippen LogP contribution in [0.4, 0.5) is 8.78 Å². The molecule has 3 amide bonds. The number of hydrogen-bond donors (Lipinski definition) is 3. The number of aromatic nitrogens is 1. The molecule has 0 saturated carbocycles. The number of ether oxygens (including phenoxy) is 1. The van der Waals surface area contributed by atoms with Crippen LogP contribution in [-0.2, 0) is 27.3 Å². The van der Waals surface area contributed by atoms with Crippen molar-refractivity contribution in [3.05, 3.63) is 94.8 Å². The number of aliphatic hydroxyl groups is 1. The van der Waals surface area contributed by atoms with E-state index in [9.17, 15) is 28.3 Å². The minimum Gasteiger partial charge on any atom is -0.482 e. The lowest BCUT2D eigenvalue weighted by atomic mass is 9.99. The van der Waals surface area contributed by atoms with E-state index in [0.29, 0.717) is 32.4 Å². The fraction of sp³-hybridized carbons (Fsp3) is 0.333. The van der Waals surface area contributed by atoms with E-state index in [4.69, 9.17) is 16.3 Å². The summed E-state index contributed by atoms with van der Waals surface area (Å²) in [5.41, 5.74) is 2.03. The maximum Gasteiger partial charge on any atom is 0.267 e. The van der Waals surface area contributed by atoms with Crippen LogP contribution in [-0.4, -0.2) is 70.0 Å². The molecule has 3 unspecified atom stereocenters. The molecule has 12 heteroatoms. The molecular formula is C30H31ClF2N4O5. The number of nitrogens with one attached hydrogen (secondary N) is 2. The number of aryl methyl sites for hydroxylation is 1. The van der Waals surface area contributed by atoms with Gasteiger partial charge in [-0.15, -0.1) is 0 Å². The van der Waals surface area contributed by atoms with Gasteiger partial charge in [-0.05, 0) is 42.2 Å². The monoisotopic (exact) mass is 600 g/mol. The van der Waals surface area contributed by atoms with Gasteiger partial charge in [-0.25, -0.2) is 8.78 Å². The predicted molar refractivity (Wildman–Crippen MR) is 151 cm³/mol. The summed E-state index contributed by atoms with van der Waals surface area (Å²) in [7, 11) is 0. The highest BCUT2D eigenvalue weighted by Gasteiger charge is 2.51. The zero-order chi connectivity index (χ0) is 30.3. The van der Waals surface area contributed by atoms with Crippen LogP contribution in [0.3, 0.4) is 0 Å². The molecular weight excluding hydrogens is 570 g/mol. The second kappa shape index (κ2) is 13.7. The number of hydrogen-bond acceptors (Lipinski definition) is 6. The van der Waals surface area contributed by atoms with Crippen molar-refractivity contribution in [2.75, 3.05) is 13.2 Å². The highest BCUT2D eigenvalue weighted by molar-refractivity contribution is 6.32. The second-order valence-electron chi connectivity index (χ2n) is 10.1. The van der Waals surface area contributed by atoms with E-state index in [-0.39, 0.29) is 13.0 Å². The first-order valence-corrected chi connectivity index (χ1v) is 13.7. The van der Waals surface area contributed by atoms with Crippen LogP contribution < -0.4 is 15.4 Å². The Hall–Kier alpha value is -4.09. The van der Waals surface area contributed by atoms with E-state index in [1.54, 1.807) is 73.8 Å². The number of rotatable bonds is 11. The largest absolute Gasteiger partial charge is 0.482 e. The molecule has 9 nitrogen and oxygen atoms in total. The van der Waals surface area contributed by atoms with Gasteiger partial charge in [0.15, 0.2) is 12.7 Å². The SMILES string of the molecule is Cc1cccc(Cl)c1OCC(=O)NC(Cc1ccccc1)C(O)C(=O)N1CC(F)(F)CC1C(=O)NCc1cccnc1. The van der Waals surface area contributed by atoms with Gasteiger partial charge in [-0.2, -0.15) is 0 Å². The maximum atomic E-state index is 14.5. The molecule has 3 aromatic rings. The van der Waals surface area contributed by atoms with Gasteiger partial charge in [-0.3, -0.25) is 19.4 Å². The highest BCUT2D eigenvalue weighted by Crippen LogP contribution is 2.33. The number of likely N-dealkylation sites (tertiary alicyclic amines) is 1. The zero-order valence-corrected chi connectivity index (χ0v) is 23.6. The lowest BCUT2D eigenvalue weighted by Gasteiger charge is -2.30. The molecule has 1 aliphatic rings. The third kappa shape index (κ3) is 8.01. The summed E-state index contributed by atoms with van der Waals surface area (Å²) in [5.74, 6) is -5.59. The minimum atomic E-state index is -3.34. The van der Waals surface area contributed by atoms with Gasteiger partial charge >= 0.3 is 0 Å². The molecule has 3 atom stereocenters. The van der Waals surface area contributed by atoms with Crippen molar-refractivity contribution < 1.29 is 33.0 Å². The third-order valence-electron chi connectivity index (χ3n) is 6.84. The standard InChI is InChI=1S/C30H31ClF2N4O5/c1-19-7-5-11-22(31)27(19)42-17-25(38)36-23(13-20-8-3-2-4-9-20)26(39)29(41)37-18-30(32,33)14-24(37)28(40)35-16-21-10-6-12-34-15-21/h2-12,15,23-24,26,39H,13-14,16-18H2,1H3,(H,35,40)(H,36,38). The number of carbonyl (C=O) groups is 3. The number of para-hydroxylation sites is 1. The van der Waals surface area contributed by atoms with Gasteiger partial charge in [0.05, 0.1) is 17.6 Å². The molecule has 222 valence electrons. The number of benzene rings is 2. The Labute approximate surface area is 246 Å². The Balaban J connectivity index is 1.48. The van der Waals surface area contributed by atoms with Crippen LogP contribution in [0.5, 0.6) is 5.75 Å². The van der Waals surface area contributed by atoms with Gasteiger partial charge in [0.2, 0.25) is 5.91 Å². The van der Waals surface area contributed by atoms with Crippen LogP contribution in [0.1, 0.15) is 23.1 Å². The Kier molecular flexibility index (Phi) is 10.1. The van der Waals surface area contributed by atoms with Crippen LogP contribution >= 0.6 is 11.6 Å². The van der Waals surface area contributed by atoms with Gasteiger partial charge < -0.3 is 25.4 Å². The van der Waals surface area contributed by atoms with Crippen molar-refractivity contribution in [2.45, 2.75) is 50.4 Å². The predicted octanol–water partition coefficient (Wildman–Crippen LogP) is 3.06. The molecule has 3 N–H and O–H groups in total. The fourth-order valence-electron chi connectivity index (χ4n) is 4.73. The lowest BCUT2D eigenvalue weighted by Crippen LogP contribution is -2.56. The summed E-state index contributed by atoms with van der Waals surface area (Å²) in [5, 5.41) is 16.6. The average molecular weight is 601 g/mol. The molecule has 0 bridgehead atoms. The first-order valence-electron chi connectivity index (χ1n) is 13.3. The Morgan fingerprint density at radius 3 is 2.55 bits per heavy atom. The van der Waals surface area contributed by atoms with Crippen molar-refractivity contribution in [1.29, 1.82) is 0 Å². The van der Waals surface area contributed by atoms with Crippen molar-refractivity contribution in [3.8, 4) is 5.75 Å². The van der Waals surface area contributed by atoms with Gasteiger partial charge in [0.25, 0.3) is 17.7 Å². The Morgan fingerprint density at radius 1 is 1.12 bits per heavy atom. The topological polar surface area (TPSA) is 121 Å². The summed E-state index contributed by atoms with van der Waals surface area (Å²) >= 11 is 6.17. The quantitative estimate of drug-likeness (QED) is 0.311. The van der Waals surface area contributed by atoms with Crippen molar-refractivity contribution in [1.82, 2.24) is 20.5 Å². The molecule has 0 radical (unpaired) electrons. The molecule has 0 spiro atoms. The number of carbonyl (C=O) groups excluding carboxylic acids is 3. The smallest absolute Gasteiger partial charge is 0.267 e. The van der Waals surface area contributed by atoms with E-state index in [1.165, 1.54) is 6.20 Å². The molecule has 2 aromatic carbocycles. The fourth-order valence-corrected chi connectivity index (χ4v) is 5.01. The maximum absolute atomic E-state index is 14.5. The van der Waals surface area contributed by atoms with Gasteiger partial charge in [0, 0.05) is 25.4 Å². The second-order valence-corrected chi connectivity index (χ2v) is 10.5. The van der Waals surface area contributed by atoms with E-state index in [0.717, 1.165) is 0 Å². The zero-order valence-electron chi connectivity index (χ0n) is 22.8. The van der Waals surface area contributed by atoms with Crippen LogP contribution in [0, 0.1) is 6.92 Å².